The first kappa shape index (κ1) is 14.7. The summed E-state index contributed by atoms with van der Waals surface area (Å²) in [5, 5.41) is 13.7. The van der Waals surface area contributed by atoms with Crippen molar-refractivity contribution in [1.82, 2.24) is 5.32 Å². The molecule has 1 unspecified atom stereocenters. The predicted molar refractivity (Wildman–Crippen MR) is 81.4 cm³/mol. The van der Waals surface area contributed by atoms with E-state index in [9.17, 15) is 5.11 Å². The van der Waals surface area contributed by atoms with Gasteiger partial charge in [0.2, 0.25) is 0 Å². The molecule has 2 aromatic carbocycles. The summed E-state index contributed by atoms with van der Waals surface area (Å²) in [6.45, 7) is 2.77. The number of methoxy groups -OCH3 is 1. The smallest absolute Gasteiger partial charge is 0.160 e. The fourth-order valence-corrected chi connectivity index (χ4v) is 2.20. The van der Waals surface area contributed by atoms with E-state index in [0.29, 0.717) is 12.3 Å². The topological polar surface area (TPSA) is 41.5 Å². The summed E-state index contributed by atoms with van der Waals surface area (Å²) in [6, 6.07) is 13.3. The van der Waals surface area contributed by atoms with Gasteiger partial charge in [-0.1, -0.05) is 29.8 Å². The molecule has 3 nitrogen and oxygen atoms in total. The first-order valence-corrected chi connectivity index (χ1v) is 6.82. The van der Waals surface area contributed by atoms with Crippen LogP contribution in [-0.4, -0.2) is 12.2 Å². The van der Waals surface area contributed by atoms with Crippen LogP contribution in [0, 0.1) is 0 Å². The zero-order valence-corrected chi connectivity index (χ0v) is 12.3. The molecule has 0 bridgehead atoms. The molecule has 0 saturated heterocycles. The van der Waals surface area contributed by atoms with Gasteiger partial charge in [-0.05, 0) is 42.3 Å². The fraction of sp³-hybridized carbons (Fsp3) is 0.250. The van der Waals surface area contributed by atoms with E-state index in [1.807, 2.05) is 36.4 Å². The van der Waals surface area contributed by atoms with Crippen LogP contribution in [0.4, 0.5) is 0 Å². The number of benzene rings is 2. The van der Waals surface area contributed by atoms with E-state index < -0.39 is 0 Å². The van der Waals surface area contributed by atoms with Crippen LogP contribution in [0.25, 0.3) is 0 Å². The number of rotatable bonds is 5. The lowest BCUT2D eigenvalue weighted by Gasteiger charge is -2.15. The first-order valence-electron chi connectivity index (χ1n) is 6.45. The highest BCUT2D eigenvalue weighted by Gasteiger charge is 2.07. The normalized spacial score (nSPS) is 12.2. The molecule has 2 rings (SSSR count). The first-order chi connectivity index (χ1) is 9.60. The molecule has 0 aliphatic rings. The number of hydrogen-bond donors (Lipinski definition) is 2. The van der Waals surface area contributed by atoms with Crippen molar-refractivity contribution in [1.29, 1.82) is 0 Å². The summed E-state index contributed by atoms with van der Waals surface area (Å²) in [5.74, 6) is 0.638. The highest BCUT2D eigenvalue weighted by atomic mass is 35.5. The Labute approximate surface area is 124 Å². The van der Waals surface area contributed by atoms with Gasteiger partial charge < -0.3 is 15.2 Å². The molecule has 4 heteroatoms. The van der Waals surface area contributed by atoms with Gasteiger partial charge in [0.1, 0.15) is 0 Å². The van der Waals surface area contributed by atoms with Crippen LogP contribution in [0.5, 0.6) is 11.5 Å². The van der Waals surface area contributed by atoms with Crippen LogP contribution >= 0.6 is 11.6 Å². The molecule has 0 heterocycles. The van der Waals surface area contributed by atoms with Gasteiger partial charge in [0, 0.05) is 17.6 Å². The Hall–Kier alpha value is -1.71. The van der Waals surface area contributed by atoms with Crippen molar-refractivity contribution in [2.45, 2.75) is 19.5 Å². The van der Waals surface area contributed by atoms with Gasteiger partial charge in [-0.2, -0.15) is 0 Å². The van der Waals surface area contributed by atoms with Crippen LogP contribution in [0.1, 0.15) is 24.1 Å². The maximum Gasteiger partial charge on any atom is 0.160 e. The second kappa shape index (κ2) is 6.64. The van der Waals surface area contributed by atoms with Crippen LogP contribution in [-0.2, 0) is 6.54 Å². The summed E-state index contributed by atoms with van der Waals surface area (Å²) >= 11 is 5.99. The highest BCUT2D eigenvalue weighted by molar-refractivity contribution is 6.30. The molecule has 106 valence electrons. The molecule has 0 amide bonds. The van der Waals surface area contributed by atoms with Crippen molar-refractivity contribution in [2.75, 3.05) is 7.11 Å². The largest absolute Gasteiger partial charge is 0.504 e. The average molecular weight is 292 g/mol. The lowest BCUT2D eigenvalue weighted by Crippen LogP contribution is -2.18. The van der Waals surface area contributed by atoms with Crippen molar-refractivity contribution in [2.24, 2.45) is 0 Å². The second-order valence-electron chi connectivity index (χ2n) is 4.66. The standard InChI is InChI=1S/C16H18ClNO2/c1-11(13-4-3-5-14(17)9-13)18-10-12-6-7-15(19)16(8-12)20-2/h3-9,11,18-19H,10H2,1-2H3. The highest BCUT2D eigenvalue weighted by Crippen LogP contribution is 2.26. The van der Waals surface area contributed by atoms with E-state index in [4.69, 9.17) is 16.3 Å². The van der Waals surface area contributed by atoms with E-state index in [0.717, 1.165) is 16.1 Å². The fourth-order valence-electron chi connectivity index (χ4n) is 2.00. The average Bonchev–Trinajstić information content (AvgIpc) is 2.46. The van der Waals surface area contributed by atoms with Gasteiger partial charge in [0.25, 0.3) is 0 Å². The maximum atomic E-state index is 9.56. The minimum absolute atomic E-state index is 0.152. The lowest BCUT2D eigenvalue weighted by atomic mass is 10.1. The zero-order chi connectivity index (χ0) is 14.5. The van der Waals surface area contributed by atoms with Crippen molar-refractivity contribution in [3.05, 3.63) is 58.6 Å². The maximum absolute atomic E-state index is 9.56. The van der Waals surface area contributed by atoms with Gasteiger partial charge in [-0.25, -0.2) is 0 Å². The minimum Gasteiger partial charge on any atom is -0.504 e. The molecule has 0 aliphatic carbocycles. The molecule has 0 radical (unpaired) electrons. The molecule has 0 aliphatic heterocycles. The summed E-state index contributed by atoms with van der Waals surface area (Å²) in [7, 11) is 1.54. The molecule has 1 atom stereocenters. The monoisotopic (exact) mass is 291 g/mol. The van der Waals surface area contributed by atoms with E-state index in [2.05, 4.69) is 12.2 Å². The van der Waals surface area contributed by atoms with Crippen molar-refractivity contribution in [3.63, 3.8) is 0 Å². The van der Waals surface area contributed by atoms with Crippen molar-refractivity contribution < 1.29 is 9.84 Å². The third-order valence-corrected chi connectivity index (χ3v) is 3.44. The Morgan fingerprint density at radius 3 is 2.75 bits per heavy atom. The van der Waals surface area contributed by atoms with Gasteiger partial charge >= 0.3 is 0 Å². The Morgan fingerprint density at radius 2 is 2.05 bits per heavy atom. The summed E-state index contributed by atoms with van der Waals surface area (Å²) in [4.78, 5) is 0. The Bertz CT molecular complexity index is 586. The van der Waals surface area contributed by atoms with E-state index in [1.165, 1.54) is 0 Å². The summed E-state index contributed by atoms with van der Waals surface area (Å²) in [5.41, 5.74) is 2.19. The molecule has 0 aromatic heterocycles. The molecule has 2 N–H and O–H groups in total. The van der Waals surface area contributed by atoms with Crippen LogP contribution < -0.4 is 10.1 Å². The Kier molecular flexibility index (Phi) is 4.88. The van der Waals surface area contributed by atoms with Crippen LogP contribution in [0.3, 0.4) is 0 Å². The van der Waals surface area contributed by atoms with Gasteiger partial charge in [0.05, 0.1) is 7.11 Å². The van der Waals surface area contributed by atoms with Gasteiger partial charge in [0.15, 0.2) is 11.5 Å². The third-order valence-electron chi connectivity index (χ3n) is 3.21. The summed E-state index contributed by atoms with van der Waals surface area (Å²) < 4.78 is 5.10. The molecule has 0 fully saturated rings. The molecule has 20 heavy (non-hydrogen) atoms. The molecular formula is C16H18ClNO2. The predicted octanol–water partition coefficient (Wildman–Crippen LogP) is 3.91. The summed E-state index contributed by atoms with van der Waals surface area (Å²) in [6.07, 6.45) is 0. The number of ether oxygens (including phenoxy) is 1. The number of nitrogens with one attached hydrogen (secondary N) is 1. The second-order valence-corrected chi connectivity index (χ2v) is 5.10. The number of halogens is 1. The Morgan fingerprint density at radius 1 is 1.25 bits per heavy atom. The number of aromatic hydroxyl groups is 1. The van der Waals surface area contributed by atoms with E-state index in [-0.39, 0.29) is 11.8 Å². The van der Waals surface area contributed by atoms with Crippen molar-refractivity contribution >= 4 is 11.6 Å². The minimum atomic E-state index is 0.152. The van der Waals surface area contributed by atoms with Crippen LogP contribution in [0.2, 0.25) is 5.02 Å². The lowest BCUT2D eigenvalue weighted by molar-refractivity contribution is 0.372. The zero-order valence-electron chi connectivity index (χ0n) is 11.6. The third kappa shape index (κ3) is 3.65. The van der Waals surface area contributed by atoms with Gasteiger partial charge in [-0.3, -0.25) is 0 Å². The quantitative estimate of drug-likeness (QED) is 0.878. The van der Waals surface area contributed by atoms with E-state index >= 15 is 0 Å². The van der Waals surface area contributed by atoms with Crippen molar-refractivity contribution in [3.8, 4) is 11.5 Å². The molecule has 0 spiro atoms. The number of phenolic OH excluding ortho intramolecular Hbond substituents is 1. The Balaban J connectivity index is 2.01. The molecular weight excluding hydrogens is 274 g/mol. The number of phenols is 1. The molecule has 0 saturated carbocycles. The van der Waals surface area contributed by atoms with E-state index in [1.54, 1.807) is 13.2 Å². The SMILES string of the molecule is COc1cc(CNC(C)c2cccc(Cl)c2)ccc1O. The van der Waals surface area contributed by atoms with Gasteiger partial charge in [-0.15, -0.1) is 0 Å². The van der Waals surface area contributed by atoms with Crippen LogP contribution in [0.15, 0.2) is 42.5 Å². The number of hydrogen-bond acceptors (Lipinski definition) is 3. The molecule has 2 aromatic rings.